The summed E-state index contributed by atoms with van der Waals surface area (Å²) in [5.74, 6) is 0. The molecule has 1 fully saturated rings. The number of aromatic nitrogens is 1. The van der Waals surface area contributed by atoms with E-state index in [2.05, 4.69) is 53.3 Å². The van der Waals surface area contributed by atoms with Crippen LogP contribution in [-0.4, -0.2) is 18.1 Å². The summed E-state index contributed by atoms with van der Waals surface area (Å²) in [5, 5.41) is 3.66. The first-order valence-corrected chi connectivity index (χ1v) is 8.14. The second-order valence-electron chi connectivity index (χ2n) is 5.38. The smallest absolute Gasteiger partial charge is 0.0798 e. The highest BCUT2D eigenvalue weighted by molar-refractivity contribution is 7.09. The standard InChI is InChI=1S/C16H21N3S/c1-12-16(20-11-17-12)13(2)18-14-7-3-4-8-15(14)19-9-5-6-10-19/h3-4,7-8,11,13,18H,5-6,9-10H2,1-2H3. The summed E-state index contributed by atoms with van der Waals surface area (Å²) in [4.78, 5) is 8.15. The molecule has 0 bridgehead atoms. The van der Waals surface area contributed by atoms with Crippen LogP contribution in [0, 0.1) is 6.92 Å². The molecule has 2 heterocycles. The van der Waals surface area contributed by atoms with Crippen molar-refractivity contribution in [3.8, 4) is 0 Å². The Kier molecular flexibility index (Phi) is 3.92. The number of benzene rings is 1. The summed E-state index contributed by atoms with van der Waals surface area (Å²) in [6.07, 6.45) is 2.61. The van der Waals surface area contributed by atoms with E-state index in [1.165, 1.54) is 42.2 Å². The Morgan fingerprint density at radius 3 is 2.70 bits per heavy atom. The minimum Gasteiger partial charge on any atom is -0.376 e. The van der Waals surface area contributed by atoms with Crippen LogP contribution in [0.3, 0.4) is 0 Å². The average molecular weight is 287 g/mol. The van der Waals surface area contributed by atoms with Crippen molar-refractivity contribution in [1.29, 1.82) is 0 Å². The van der Waals surface area contributed by atoms with Gasteiger partial charge in [0.15, 0.2) is 0 Å². The number of anilines is 2. The van der Waals surface area contributed by atoms with Crippen molar-refractivity contribution in [2.24, 2.45) is 0 Å². The van der Waals surface area contributed by atoms with Crippen molar-refractivity contribution in [2.45, 2.75) is 32.7 Å². The fraction of sp³-hybridized carbons (Fsp3) is 0.438. The third-order valence-electron chi connectivity index (χ3n) is 3.90. The van der Waals surface area contributed by atoms with E-state index in [1.54, 1.807) is 11.3 Å². The molecule has 0 radical (unpaired) electrons. The number of aryl methyl sites for hydroxylation is 1. The van der Waals surface area contributed by atoms with Gasteiger partial charge < -0.3 is 10.2 Å². The molecule has 0 saturated carbocycles. The zero-order valence-electron chi connectivity index (χ0n) is 12.1. The molecule has 106 valence electrons. The van der Waals surface area contributed by atoms with Gasteiger partial charge in [-0.1, -0.05) is 12.1 Å². The second-order valence-corrected chi connectivity index (χ2v) is 6.27. The van der Waals surface area contributed by atoms with Crippen molar-refractivity contribution in [3.63, 3.8) is 0 Å². The summed E-state index contributed by atoms with van der Waals surface area (Å²) < 4.78 is 0. The van der Waals surface area contributed by atoms with Gasteiger partial charge in [0.2, 0.25) is 0 Å². The van der Waals surface area contributed by atoms with Crippen molar-refractivity contribution in [2.75, 3.05) is 23.3 Å². The van der Waals surface area contributed by atoms with Crippen LogP contribution in [0.2, 0.25) is 0 Å². The molecular formula is C16H21N3S. The minimum atomic E-state index is 0.297. The summed E-state index contributed by atoms with van der Waals surface area (Å²) in [6.45, 7) is 6.64. The van der Waals surface area contributed by atoms with Crippen LogP contribution in [0.15, 0.2) is 29.8 Å². The molecule has 2 aromatic rings. The van der Waals surface area contributed by atoms with Crippen molar-refractivity contribution in [3.05, 3.63) is 40.3 Å². The van der Waals surface area contributed by atoms with Crippen molar-refractivity contribution < 1.29 is 0 Å². The Morgan fingerprint density at radius 2 is 2.00 bits per heavy atom. The average Bonchev–Trinajstić information content (AvgIpc) is 3.10. The normalized spacial score (nSPS) is 16.4. The van der Waals surface area contributed by atoms with Crippen LogP contribution in [-0.2, 0) is 0 Å². The topological polar surface area (TPSA) is 28.2 Å². The molecule has 3 rings (SSSR count). The third kappa shape index (κ3) is 2.66. The molecule has 1 atom stereocenters. The molecule has 20 heavy (non-hydrogen) atoms. The van der Waals surface area contributed by atoms with Gasteiger partial charge in [0.25, 0.3) is 0 Å². The number of para-hydroxylation sites is 2. The van der Waals surface area contributed by atoms with Gasteiger partial charge in [-0.2, -0.15) is 0 Å². The zero-order valence-corrected chi connectivity index (χ0v) is 12.9. The Hall–Kier alpha value is -1.55. The van der Waals surface area contributed by atoms with Gasteiger partial charge in [0.1, 0.15) is 0 Å². The lowest BCUT2D eigenvalue weighted by Crippen LogP contribution is -2.19. The molecule has 0 spiro atoms. The number of hydrogen-bond acceptors (Lipinski definition) is 4. The second kappa shape index (κ2) is 5.83. The molecule has 1 saturated heterocycles. The van der Waals surface area contributed by atoms with Crippen LogP contribution in [0.25, 0.3) is 0 Å². The third-order valence-corrected chi connectivity index (χ3v) is 5.01. The first kappa shape index (κ1) is 13.4. The molecule has 1 unspecified atom stereocenters. The molecule has 1 aromatic heterocycles. The minimum absolute atomic E-state index is 0.297. The number of hydrogen-bond donors (Lipinski definition) is 1. The number of nitrogens with one attached hydrogen (secondary N) is 1. The first-order chi connectivity index (χ1) is 9.75. The molecule has 4 heteroatoms. The summed E-state index contributed by atoms with van der Waals surface area (Å²) in [7, 11) is 0. The van der Waals surface area contributed by atoms with Gasteiger partial charge in [0.05, 0.1) is 28.6 Å². The maximum atomic E-state index is 4.35. The molecular weight excluding hydrogens is 266 g/mol. The molecule has 1 N–H and O–H groups in total. The fourth-order valence-corrected chi connectivity index (χ4v) is 3.67. The summed E-state index contributed by atoms with van der Waals surface area (Å²) in [5.41, 5.74) is 5.62. The van der Waals surface area contributed by atoms with Gasteiger partial charge in [-0.3, -0.25) is 0 Å². The Labute approximate surface area is 124 Å². The molecule has 1 aliphatic rings. The van der Waals surface area contributed by atoms with E-state index >= 15 is 0 Å². The lowest BCUT2D eigenvalue weighted by atomic mass is 10.2. The number of rotatable bonds is 4. The zero-order chi connectivity index (χ0) is 13.9. The van der Waals surface area contributed by atoms with Crippen molar-refractivity contribution >= 4 is 22.7 Å². The molecule has 3 nitrogen and oxygen atoms in total. The number of thiazole rings is 1. The van der Waals surface area contributed by atoms with Crippen LogP contribution in [0.5, 0.6) is 0 Å². The van der Waals surface area contributed by atoms with Crippen LogP contribution in [0.1, 0.15) is 36.4 Å². The van der Waals surface area contributed by atoms with E-state index in [0.29, 0.717) is 6.04 Å². The lowest BCUT2D eigenvalue weighted by molar-refractivity contribution is 0.883. The lowest BCUT2D eigenvalue weighted by Gasteiger charge is -2.24. The fourth-order valence-electron chi connectivity index (χ4n) is 2.85. The van der Waals surface area contributed by atoms with Gasteiger partial charge >= 0.3 is 0 Å². The monoisotopic (exact) mass is 287 g/mol. The Balaban J connectivity index is 1.82. The SMILES string of the molecule is Cc1ncsc1C(C)Nc1ccccc1N1CCCC1. The maximum absolute atomic E-state index is 4.35. The van der Waals surface area contributed by atoms with E-state index in [4.69, 9.17) is 0 Å². The van der Waals surface area contributed by atoms with Gasteiger partial charge in [-0.15, -0.1) is 11.3 Å². The first-order valence-electron chi connectivity index (χ1n) is 7.26. The van der Waals surface area contributed by atoms with Gasteiger partial charge in [-0.05, 0) is 38.8 Å². The summed E-state index contributed by atoms with van der Waals surface area (Å²) in [6, 6.07) is 8.93. The van der Waals surface area contributed by atoms with Gasteiger partial charge in [0, 0.05) is 18.0 Å². The van der Waals surface area contributed by atoms with Gasteiger partial charge in [-0.25, -0.2) is 4.98 Å². The van der Waals surface area contributed by atoms with Crippen LogP contribution < -0.4 is 10.2 Å². The van der Waals surface area contributed by atoms with E-state index in [9.17, 15) is 0 Å². The molecule has 0 amide bonds. The summed E-state index contributed by atoms with van der Waals surface area (Å²) >= 11 is 1.73. The van der Waals surface area contributed by atoms with E-state index in [1.807, 2.05) is 5.51 Å². The maximum Gasteiger partial charge on any atom is 0.0798 e. The predicted molar refractivity (Wildman–Crippen MR) is 86.8 cm³/mol. The Morgan fingerprint density at radius 1 is 1.25 bits per heavy atom. The number of nitrogens with zero attached hydrogens (tertiary/aromatic N) is 2. The van der Waals surface area contributed by atoms with E-state index in [-0.39, 0.29) is 0 Å². The molecule has 0 aliphatic carbocycles. The van der Waals surface area contributed by atoms with Crippen LogP contribution >= 0.6 is 11.3 Å². The Bertz CT molecular complexity index is 573. The quantitative estimate of drug-likeness (QED) is 0.912. The van der Waals surface area contributed by atoms with Crippen LogP contribution in [0.4, 0.5) is 11.4 Å². The highest BCUT2D eigenvalue weighted by Crippen LogP contribution is 2.32. The van der Waals surface area contributed by atoms with Crippen molar-refractivity contribution in [1.82, 2.24) is 4.98 Å². The largest absolute Gasteiger partial charge is 0.376 e. The van der Waals surface area contributed by atoms with E-state index in [0.717, 1.165) is 5.69 Å². The predicted octanol–water partition coefficient (Wildman–Crippen LogP) is 4.22. The van der Waals surface area contributed by atoms with E-state index < -0.39 is 0 Å². The highest BCUT2D eigenvalue weighted by atomic mass is 32.1. The molecule has 1 aliphatic heterocycles. The highest BCUT2D eigenvalue weighted by Gasteiger charge is 2.17. The molecule has 1 aromatic carbocycles.